The summed E-state index contributed by atoms with van der Waals surface area (Å²) in [4.78, 5) is 14.0. The van der Waals surface area contributed by atoms with Crippen LogP contribution in [0.15, 0.2) is 45.6 Å². The number of phenolic OH excluding ortho intramolecular Hbond substituents is 2. The van der Waals surface area contributed by atoms with Crippen LogP contribution in [0.5, 0.6) is 23.0 Å². The minimum Gasteiger partial charge on any atom is -0.508 e. The maximum absolute atomic E-state index is 14.0. The molecule has 0 aliphatic carbocycles. The standard InChI is InChI=1S/C33H40O19/c1-10-19(37)23(41)26(44)31(46-10)51-29-22(40)18-15(36)7-14(8-16(18)49-28(29)12-3-5-13(35)6-4-12)48-33-30(25(43)20(38)11(2)47-33)52-32-27(45)24(42)21(39)17(9-34)50-32/h3-8,10-11,17,19-21,23-27,30-39,41-45H,9H2,1-2H3/t10-,11-,17-,19+,20+,21-,23+,24+,25+,26+,27+,30-,31+,32+,33+/m1/s1. The Morgan fingerprint density at radius 3 is 1.92 bits per heavy atom. The van der Waals surface area contributed by atoms with Crippen LogP contribution in [0, 0.1) is 0 Å². The van der Waals surface area contributed by atoms with Crippen LogP contribution in [0.2, 0.25) is 0 Å². The van der Waals surface area contributed by atoms with Gasteiger partial charge in [-0.3, -0.25) is 4.79 Å². The summed E-state index contributed by atoms with van der Waals surface area (Å²) >= 11 is 0. The maximum atomic E-state index is 14.0. The molecule has 4 heterocycles. The molecular weight excluding hydrogens is 700 g/mol. The van der Waals surface area contributed by atoms with Crippen molar-refractivity contribution >= 4 is 11.0 Å². The van der Waals surface area contributed by atoms with Crippen LogP contribution in [0.25, 0.3) is 22.3 Å². The number of hydrogen-bond donors (Lipinski definition) is 11. The lowest BCUT2D eigenvalue weighted by Crippen LogP contribution is -2.64. The summed E-state index contributed by atoms with van der Waals surface area (Å²) in [5.74, 6) is -1.93. The molecule has 52 heavy (non-hydrogen) atoms. The predicted molar refractivity (Wildman–Crippen MR) is 170 cm³/mol. The van der Waals surface area contributed by atoms with Gasteiger partial charge in [0, 0.05) is 17.7 Å². The van der Waals surface area contributed by atoms with Gasteiger partial charge in [0.05, 0.1) is 18.8 Å². The van der Waals surface area contributed by atoms with Crippen LogP contribution in [0.3, 0.4) is 0 Å². The molecule has 11 N–H and O–H groups in total. The van der Waals surface area contributed by atoms with E-state index in [2.05, 4.69) is 0 Å². The zero-order chi connectivity index (χ0) is 37.8. The van der Waals surface area contributed by atoms with E-state index in [9.17, 15) is 61.0 Å². The molecule has 19 heteroatoms. The van der Waals surface area contributed by atoms with Gasteiger partial charge in [0.1, 0.15) is 83.2 Å². The molecule has 0 spiro atoms. The number of benzene rings is 2. The fraction of sp³-hybridized carbons (Fsp3) is 0.545. The molecule has 0 amide bonds. The number of rotatable bonds is 8. The molecule has 286 valence electrons. The molecule has 0 unspecified atom stereocenters. The molecule has 0 radical (unpaired) electrons. The van der Waals surface area contributed by atoms with Crippen molar-refractivity contribution in [3.8, 4) is 34.3 Å². The Morgan fingerprint density at radius 2 is 1.27 bits per heavy atom. The van der Waals surface area contributed by atoms with E-state index in [1.54, 1.807) is 0 Å². The SMILES string of the molecule is C[C@H]1O[C@@H](Oc2c(-c3ccc(O)cc3)oc3cc(O[C@@H]4O[C@H](C)[C@H](O)[C@H](O)[C@H]4O[C@@H]4O[C@H](CO)[C@@H](O)[C@H](O)[C@@H]4O)cc(O)c3c2=O)[C@@H](O)[C@@H](O)[C@H]1O. The lowest BCUT2D eigenvalue weighted by Gasteiger charge is -2.45. The van der Waals surface area contributed by atoms with E-state index in [1.165, 1.54) is 38.1 Å². The van der Waals surface area contributed by atoms with Crippen molar-refractivity contribution in [1.29, 1.82) is 0 Å². The zero-order valence-electron chi connectivity index (χ0n) is 27.5. The summed E-state index contributed by atoms with van der Waals surface area (Å²) in [7, 11) is 0. The Balaban J connectivity index is 1.37. The van der Waals surface area contributed by atoms with Crippen molar-refractivity contribution in [1.82, 2.24) is 0 Å². The number of hydrogen-bond acceptors (Lipinski definition) is 19. The lowest BCUT2D eigenvalue weighted by molar-refractivity contribution is -0.355. The van der Waals surface area contributed by atoms with Crippen molar-refractivity contribution in [3.05, 3.63) is 46.6 Å². The zero-order valence-corrected chi connectivity index (χ0v) is 27.5. The molecule has 3 aromatic rings. The summed E-state index contributed by atoms with van der Waals surface area (Å²) in [6.45, 7) is 2.04. The molecule has 0 saturated carbocycles. The van der Waals surface area contributed by atoms with E-state index in [0.29, 0.717) is 0 Å². The van der Waals surface area contributed by atoms with Gasteiger partial charge >= 0.3 is 0 Å². The maximum Gasteiger partial charge on any atom is 0.239 e. The number of phenols is 2. The second-order valence-corrected chi connectivity index (χ2v) is 12.9. The van der Waals surface area contributed by atoms with Crippen LogP contribution >= 0.6 is 0 Å². The average Bonchev–Trinajstić information content (AvgIpc) is 3.11. The third-order valence-electron chi connectivity index (χ3n) is 9.25. The van der Waals surface area contributed by atoms with E-state index < -0.39 is 121 Å². The van der Waals surface area contributed by atoms with Gasteiger partial charge in [-0.1, -0.05) is 0 Å². The fourth-order valence-corrected chi connectivity index (χ4v) is 6.17. The van der Waals surface area contributed by atoms with Gasteiger partial charge in [-0.05, 0) is 38.1 Å². The smallest absolute Gasteiger partial charge is 0.239 e. The Kier molecular flexibility index (Phi) is 11.0. The number of aromatic hydroxyl groups is 2. The number of aliphatic hydroxyl groups excluding tert-OH is 9. The monoisotopic (exact) mass is 740 g/mol. The molecule has 3 fully saturated rings. The summed E-state index contributed by atoms with van der Waals surface area (Å²) in [6, 6.07) is 7.45. The van der Waals surface area contributed by atoms with E-state index in [4.69, 9.17) is 32.8 Å². The Labute approximate surface area is 293 Å². The second kappa shape index (κ2) is 15.0. The minimum absolute atomic E-state index is 0.130. The van der Waals surface area contributed by atoms with Gasteiger partial charge < -0.3 is 89.0 Å². The highest BCUT2D eigenvalue weighted by molar-refractivity contribution is 5.88. The molecule has 6 rings (SSSR count). The highest BCUT2D eigenvalue weighted by Crippen LogP contribution is 2.39. The Hall–Kier alpha value is -3.67. The fourth-order valence-electron chi connectivity index (χ4n) is 6.17. The molecular formula is C33H40O19. The van der Waals surface area contributed by atoms with Gasteiger partial charge in [-0.25, -0.2) is 0 Å². The number of fused-ring (bicyclic) bond motifs is 1. The largest absolute Gasteiger partial charge is 0.508 e. The molecule has 19 nitrogen and oxygen atoms in total. The van der Waals surface area contributed by atoms with Crippen molar-refractivity contribution in [2.75, 3.05) is 6.61 Å². The number of ether oxygens (including phenoxy) is 6. The summed E-state index contributed by atoms with van der Waals surface area (Å²) < 4.78 is 40.0. The van der Waals surface area contributed by atoms with Crippen LogP contribution in [-0.2, 0) is 18.9 Å². The lowest BCUT2D eigenvalue weighted by atomic mass is 9.97. The topological polar surface area (TPSA) is 308 Å². The van der Waals surface area contributed by atoms with E-state index in [-0.39, 0.29) is 28.4 Å². The molecule has 3 saturated heterocycles. The van der Waals surface area contributed by atoms with Gasteiger partial charge in [0.25, 0.3) is 0 Å². The molecule has 3 aliphatic heterocycles. The first-order valence-corrected chi connectivity index (χ1v) is 16.2. The number of aliphatic hydroxyl groups is 9. The van der Waals surface area contributed by atoms with Gasteiger partial charge in [-0.15, -0.1) is 0 Å². The molecule has 2 aromatic carbocycles. The van der Waals surface area contributed by atoms with Crippen LogP contribution in [0.4, 0.5) is 0 Å². The molecule has 15 atom stereocenters. The van der Waals surface area contributed by atoms with Crippen LogP contribution in [0.1, 0.15) is 13.8 Å². The van der Waals surface area contributed by atoms with Crippen LogP contribution in [-0.4, -0.2) is 155 Å². The third-order valence-corrected chi connectivity index (χ3v) is 9.25. The molecule has 3 aliphatic rings. The van der Waals surface area contributed by atoms with Crippen molar-refractivity contribution < 1.29 is 89.0 Å². The summed E-state index contributed by atoms with van der Waals surface area (Å²) in [6.07, 6.45) is -23.9. The molecule has 0 bridgehead atoms. The first-order valence-electron chi connectivity index (χ1n) is 16.2. The van der Waals surface area contributed by atoms with E-state index >= 15 is 0 Å². The Bertz CT molecular complexity index is 1760. The summed E-state index contributed by atoms with van der Waals surface area (Å²) in [5.41, 5.74) is -1.09. The van der Waals surface area contributed by atoms with Gasteiger partial charge in [0.2, 0.25) is 23.8 Å². The highest BCUT2D eigenvalue weighted by Gasteiger charge is 2.51. The predicted octanol–water partition coefficient (Wildman–Crippen LogP) is -2.89. The highest BCUT2D eigenvalue weighted by atomic mass is 16.8. The quantitative estimate of drug-likeness (QED) is 0.110. The summed E-state index contributed by atoms with van der Waals surface area (Å²) in [5, 5.41) is 113. The van der Waals surface area contributed by atoms with Crippen molar-refractivity contribution in [2.45, 2.75) is 106 Å². The molecule has 1 aromatic heterocycles. The first-order chi connectivity index (χ1) is 24.6. The minimum atomic E-state index is -1.88. The van der Waals surface area contributed by atoms with Crippen molar-refractivity contribution in [2.24, 2.45) is 0 Å². The normalized spacial score (nSPS) is 38.2. The third kappa shape index (κ3) is 7.03. The van der Waals surface area contributed by atoms with Gasteiger partial charge in [0.15, 0.2) is 18.2 Å². The van der Waals surface area contributed by atoms with Gasteiger partial charge in [-0.2, -0.15) is 0 Å². The Morgan fingerprint density at radius 1 is 0.673 bits per heavy atom. The van der Waals surface area contributed by atoms with Crippen LogP contribution < -0.4 is 14.9 Å². The van der Waals surface area contributed by atoms with E-state index in [1.807, 2.05) is 0 Å². The van der Waals surface area contributed by atoms with E-state index in [0.717, 1.165) is 12.1 Å². The average molecular weight is 741 g/mol. The van der Waals surface area contributed by atoms with Crippen molar-refractivity contribution in [3.63, 3.8) is 0 Å². The second-order valence-electron chi connectivity index (χ2n) is 12.9. The first kappa shape index (κ1) is 38.1.